The van der Waals surface area contributed by atoms with Crippen molar-refractivity contribution in [1.29, 1.82) is 0 Å². The number of aromatic nitrogens is 3. The minimum absolute atomic E-state index is 0.0960. The van der Waals surface area contributed by atoms with Crippen molar-refractivity contribution in [3.8, 4) is 11.3 Å². The standard InChI is InChI=1S/C21H15Br2N5O3/c1-2-27-11-12(10-24-27)19-9-15(14-5-3-4-6-18(14)25-19)21(29)26-20-16(22)7-13(28(30)31)8-17(20)23/h3-11H,2H2,1H3,(H,26,29). The molecule has 10 heteroatoms. The van der Waals surface area contributed by atoms with Crippen molar-refractivity contribution in [3.63, 3.8) is 0 Å². The topological polar surface area (TPSA) is 103 Å². The predicted molar refractivity (Wildman–Crippen MR) is 125 cm³/mol. The summed E-state index contributed by atoms with van der Waals surface area (Å²) >= 11 is 6.61. The molecule has 2 aromatic carbocycles. The molecule has 2 aromatic heterocycles. The lowest BCUT2D eigenvalue weighted by atomic mass is 10.0. The number of hydrogen-bond donors (Lipinski definition) is 1. The number of nitrogens with zero attached hydrogens (tertiary/aromatic N) is 4. The quantitative estimate of drug-likeness (QED) is 0.252. The van der Waals surface area contributed by atoms with Gasteiger partial charge in [-0.15, -0.1) is 0 Å². The Bertz CT molecular complexity index is 1310. The number of non-ortho nitro benzene ring substituents is 1. The fraction of sp³-hybridized carbons (Fsp3) is 0.0952. The van der Waals surface area contributed by atoms with Gasteiger partial charge in [-0.1, -0.05) is 18.2 Å². The second-order valence-corrected chi connectivity index (χ2v) is 8.36. The molecule has 4 aromatic rings. The number of nitro benzene ring substituents is 1. The molecule has 0 saturated carbocycles. The zero-order valence-electron chi connectivity index (χ0n) is 16.2. The number of amides is 1. The summed E-state index contributed by atoms with van der Waals surface area (Å²) in [4.78, 5) is 28.5. The molecule has 0 saturated heterocycles. The molecule has 1 amide bonds. The molecule has 0 atom stereocenters. The van der Waals surface area contributed by atoms with Gasteiger partial charge in [-0.25, -0.2) is 4.98 Å². The van der Waals surface area contributed by atoms with Gasteiger partial charge in [0.05, 0.1) is 33.6 Å². The van der Waals surface area contributed by atoms with Crippen LogP contribution in [0.2, 0.25) is 0 Å². The van der Waals surface area contributed by atoms with Gasteiger partial charge in [-0.2, -0.15) is 5.10 Å². The fourth-order valence-corrected chi connectivity index (χ4v) is 4.51. The minimum atomic E-state index is -0.500. The maximum Gasteiger partial charge on any atom is 0.271 e. The Morgan fingerprint density at radius 3 is 2.55 bits per heavy atom. The highest BCUT2D eigenvalue weighted by Crippen LogP contribution is 2.36. The van der Waals surface area contributed by atoms with Crippen LogP contribution in [-0.4, -0.2) is 25.6 Å². The van der Waals surface area contributed by atoms with Gasteiger partial charge in [-0.05, 0) is 50.9 Å². The molecule has 0 bridgehead atoms. The Hall–Kier alpha value is -3.11. The summed E-state index contributed by atoms with van der Waals surface area (Å²) in [6.45, 7) is 2.71. The van der Waals surface area contributed by atoms with E-state index in [1.165, 1.54) is 12.1 Å². The third kappa shape index (κ3) is 4.21. The number of benzene rings is 2. The van der Waals surface area contributed by atoms with Crippen molar-refractivity contribution in [2.75, 3.05) is 5.32 Å². The molecule has 1 N–H and O–H groups in total. The lowest BCUT2D eigenvalue weighted by Crippen LogP contribution is -2.14. The summed E-state index contributed by atoms with van der Waals surface area (Å²) in [5.74, 6) is -0.363. The highest BCUT2D eigenvalue weighted by atomic mass is 79.9. The molecule has 0 fully saturated rings. The van der Waals surface area contributed by atoms with Gasteiger partial charge in [0.2, 0.25) is 0 Å². The number of hydrogen-bond acceptors (Lipinski definition) is 5. The molecule has 0 radical (unpaired) electrons. The van der Waals surface area contributed by atoms with Crippen LogP contribution in [0.1, 0.15) is 17.3 Å². The molecule has 2 heterocycles. The van der Waals surface area contributed by atoms with Crippen molar-refractivity contribution < 1.29 is 9.72 Å². The SMILES string of the molecule is CCn1cc(-c2cc(C(=O)Nc3c(Br)cc([N+](=O)[O-])cc3Br)c3ccccc3n2)cn1. The Morgan fingerprint density at radius 2 is 1.90 bits per heavy atom. The van der Waals surface area contributed by atoms with E-state index in [0.717, 1.165) is 12.1 Å². The first-order valence-electron chi connectivity index (χ1n) is 9.24. The molecule has 156 valence electrons. The number of nitrogens with one attached hydrogen (secondary N) is 1. The van der Waals surface area contributed by atoms with Crippen molar-refractivity contribution in [2.45, 2.75) is 13.5 Å². The van der Waals surface area contributed by atoms with Gasteiger partial charge in [0, 0.05) is 44.8 Å². The number of aryl methyl sites for hydroxylation is 1. The minimum Gasteiger partial charge on any atom is -0.320 e. The summed E-state index contributed by atoms with van der Waals surface area (Å²) in [5, 5.41) is 18.9. The van der Waals surface area contributed by atoms with E-state index >= 15 is 0 Å². The highest BCUT2D eigenvalue weighted by Gasteiger charge is 2.19. The molecular weight excluding hydrogens is 530 g/mol. The predicted octanol–water partition coefficient (Wildman–Crippen LogP) is 5.80. The van der Waals surface area contributed by atoms with Crippen LogP contribution in [0.3, 0.4) is 0 Å². The average Bonchev–Trinajstić information content (AvgIpc) is 3.24. The van der Waals surface area contributed by atoms with Crippen molar-refractivity contribution in [1.82, 2.24) is 14.8 Å². The summed E-state index contributed by atoms with van der Waals surface area (Å²) < 4.78 is 2.58. The second-order valence-electron chi connectivity index (χ2n) is 6.65. The molecule has 0 spiro atoms. The van der Waals surface area contributed by atoms with Crippen LogP contribution in [0.15, 0.2) is 63.8 Å². The summed E-state index contributed by atoms with van der Waals surface area (Å²) in [6, 6.07) is 11.8. The number of rotatable bonds is 5. The maximum atomic E-state index is 13.3. The van der Waals surface area contributed by atoms with Crippen LogP contribution in [0.25, 0.3) is 22.2 Å². The average molecular weight is 545 g/mol. The van der Waals surface area contributed by atoms with Gasteiger partial charge in [0.15, 0.2) is 0 Å². The normalized spacial score (nSPS) is 10.9. The van der Waals surface area contributed by atoms with E-state index < -0.39 is 4.92 Å². The highest BCUT2D eigenvalue weighted by molar-refractivity contribution is 9.11. The van der Waals surface area contributed by atoms with Crippen molar-refractivity contribution in [2.24, 2.45) is 0 Å². The number of para-hydroxylation sites is 1. The largest absolute Gasteiger partial charge is 0.320 e. The first kappa shape index (κ1) is 21.1. The Balaban J connectivity index is 1.78. The number of pyridine rings is 1. The van der Waals surface area contributed by atoms with Crippen LogP contribution in [0, 0.1) is 10.1 Å². The van der Waals surface area contributed by atoms with Gasteiger partial charge >= 0.3 is 0 Å². The fourth-order valence-electron chi connectivity index (χ4n) is 3.15. The molecule has 0 aliphatic rings. The first-order chi connectivity index (χ1) is 14.9. The van der Waals surface area contributed by atoms with Crippen LogP contribution in [0.4, 0.5) is 11.4 Å². The zero-order valence-corrected chi connectivity index (χ0v) is 19.3. The molecule has 4 rings (SSSR count). The lowest BCUT2D eigenvalue weighted by molar-refractivity contribution is -0.385. The Kier molecular flexibility index (Phi) is 5.84. The van der Waals surface area contributed by atoms with Crippen LogP contribution >= 0.6 is 31.9 Å². The van der Waals surface area contributed by atoms with Gasteiger partial charge in [0.25, 0.3) is 11.6 Å². The van der Waals surface area contributed by atoms with E-state index in [2.05, 4.69) is 47.3 Å². The van der Waals surface area contributed by atoms with E-state index in [0.29, 0.717) is 36.8 Å². The molecule has 0 aliphatic carbocycles. The molecule has 8 nitrogen and oxygen atoms in total. The number of fused-ring (bicyclic) bond motifs is 1. The van der Waals surface area contributed by atoms with Gasteiger partial charge < -0.3 is 5.32 Å². The van der Waals surface area contributed by atoms with E-state index in [-0.39, 0.29) is 11.6 Å². The number of halogens is 2. The van der Waals surface area contributed by atoms with E-state index in [9.17, 15) is 14.9 Å². The lowest BCUT2D eigenvalue weighted by Gasteiger charge is -2.12. The van der Waals surface area contributed by atoms with Crippen molar-refractivity contribution in [3.05, 3.63) is 79.5 Å². The molecule has 31 heavy (non-hydrogen) atoms. The maximum absolute atomic E-state index is 13.3. The monoisotopic (exact) mass is 543 g/mol. The van der Waals surface area contributed by atoms with E-state index in [1.54, 1.807) is 16.9 Å². The van der Waals surface area contributed by atoms with Crippen molar-refractivity contribution >= 4 is 60.0 Å². The second kappa shape index (κ2) is 8.56. The van der Waals surface area contributed by atoms with Crippen LogP contribution in [-0.2, 0) is 6.54 Å². The number of nitro groups is 1. The molecular formula is C21H15Br2N5O3. The Labute approximate surface area is 193 Å². The smallest absolute Gasteiger partial charge is 0.271 e. The number of anilines is 1. The van der Waals surface area contributed by atoms with Crippen LogP contribution < -0.4 is 5.32 Å². The van der Waals surface area contributed by atoms with E-state index in [1.807, 2.05) is 37.4 Å². The number of carbonyl (C=O) groups is 1. The summed E-state index contributed by atoms with van der Waals surface area (Å²) in [6.07, 6.45) is 3.59. The summed E-state index contributed by atoms with van der Waals surface area (Å²) in [7, 11) is 0. The third-order valence-corrected chi connectivity index (χ3v) is 5.94. The molecule has 0 unspecified atom stereocenters. The third-order valence-electron chi connectivity index (χ3n) is 4.69. The molecule has 0 aliphatic heterocycles. The van der Waals surface area contributed by atoms with Gasteiger partial charge in [0.1, 0.15) is 0 Å². The zero-order chi connectivity index (χ0) is 22.1. The van der Waals surface area contributed by atoms with Gasteiger partial charge in [-0.3, -0.25) is 19.6 Å². The van der Waals surface area contributed by atoms with Crippen LogP contribution in [0.5, 0.6) is 0 Å². The Morgan fingerprint density at radius 1 is 1.19 bits per heavy atom. The first-order valence-corrected chi connectivity index (χ1v) is 10.8. The summed E-state index contributed by atoms with van der Waals surface area (Å²) in [5.41, 5.74) is 2.85. The van der Waals surface area contributed by atoms with E-state index in [4.69, 9.17) is 0 Å². The number of carbonyl (C=O) groups excluding carboxylic acids is 1.